The van der Waals surface area contributed by atoms with Crippen LogP contribution in [0.1, 0.15) is 12.5 Å². The van der Waals surface area contributed by atoms with Gasteiger partial charge in [-0.25, -0.2) is 4.79 Å². The summed E-state index contributed by atoms with van der Waals surface area (Å²) in [6.07, 6.45) is 0. The highest BCUT2D eigenvalue weighted by molar-refractivity contribution is 9.10. The van der Waals surface area contributed by atoms with E-state index in [1.54, 1.807) is 0 Å². The van der Waals surface area contributed by atoms with Crippen LogP contribution in [0.5, 0.6) is 0 Å². The normalized spacial score (nSPS) is 10.2. The molecule has 0 atom stereocenters. The Morgan fingerprint density at radius 2 is 1.96 bits per heavy atom. The number of nitrogens with zero attached hydrogens (tertiary/aromatic N) is 1. The summed E-state index contributed by atoms with van der Waals surface area (Å²) in [5.41, 5.74) is 3.19. The third-order valence-electron chi connectivity index (χ3n) is 3.50. The average molecular weight is 376 g/mol. The molecule has 2 aromatic carbocycles. The number of hydrogen-bond acceptors (Lipinski definition) is 2. The van der Waals surface area contributed by atoms with Gasteiger partial charge in [-0.2, -0.15) is 0 Å². The lowest BCUT2D eigenvalue weighted by Gasteiger charge is -2.23. The Kier molecular flexibility index (Phi) is 6.47. The van der Waals surface area contributed by atoms with Gasteiger partial charge >= 0.3 is 6.03 Å². The third-order valence-corrected chi connectivity index (χ3v) is 3.99. The number of aryl methyl sites for hydroxylation is 1. The second kappa shape index (κ2) is 8.58. The molecule has 2 amide bonds. The number of nitrogens with one attached hydrogen (secondary N) is 2. The molecular formula is C18H22BrN3O. The van der Waals surface area contributed by atoms with Crippen LogP contribution < -0.4 is 15.5 Å². The predicted octanol–water partition coefficient (Wildman–Crippen LogP) is 4.41. The van der Waals surface area contributed by atoms with Crippen LogP contribution >= 0.6 is 15.9 Å². The number of amides is 2. The van der Waals surface area contributed by atoms with Crippen molar-refractivity contribution in [1.29, 1.82) is 0 Å². The van der Waals surface area contributed by atoms with Crippen LogP contribution in [0.15, 0.2) is 53.0 Å². The molecule has 5 heteroatoms. The van der Waals surface area contributed by atoms with Crippen LogP contribution in [-0.2, 0) is 0 Å². The van der Waals surface area contributed by atoms with E-state index in [0.717, 1.165) is 23.2 Å². The maximum absolute atomic E-state index is 11.9. The fraction of sp³-hybridized carbons (Fsp3) is 0.278. The predicted molar refractivity (Wildman–Crippen MR) is 100 cm³/mol. The van der Waals surface area contributed by atoms with Crippen molar-refractivity contribution in [3.8, 4) is 0 Å². The second-order valence-electron chi connectivity index (χ2n) is 5.31. The Hall–Kier alpha value is -2.01. The monoisotopic (exact) mass is 375 g/mol. The van der Waals surface area contributed by atoms with Gasteiger partial charge in [0.05, 0.1) is 0 Å². The summed E-state index contributed by atoms with van der Waals surface area (Å²) in [6.45, 7) is 6.46. The first-order valence-electron chi connectivity index (χ1n) is 7.70. The molecule has 0 unspecified atom stereocenters. The van der Waals surface area contributed by atoms with Gasteiger partial charge < -0.3 is 15.5 Å². The number of hydrogen-bond donors (Lipinski definition) is 2. The zero-order chi connectivity index (χ0) is 16.7. The Morgan fingerprint density at radius 3 is 2.65 bits per heavy atom. The topological polar surface area (TPSA) is 44.4 Å². The molecule has 2 N–H and O–H groups in total. The largest absolute Gasteiger partial charge is 0.370 e. The molecule has 0 radical (unpaired) electrons. The van der Waals surface area contributed by atoms with Gasteiger partial charge in [0.1, 0.15) is 0 Å². The van der Waals surface area contributed by atoms with Gasteiger partial charge in [-0.05, 0) is 49.7 Å². The van der Waals surface area contributed by atoms with Gasteiger partial charge in [0.15, 0.2) is 0 Å². The highest BCUT2D eigenvalue weighted by Gasteiger charge is 2.06. The Bertz CT molecular complexity index is 660. The van der Waals surface area contributed by atoms with E-state index < -0.39 is 0 Å². The fourth-order valence-electron chi connectivity index (χ4n) is 2.34. The van der Waals surface area contributed by atoms with Gasteiger partial charge in [-0.3, -0.25) is 0 Å². The first-order chi connectivity index (χ1) is 11.1. The van der Waals surface area contributed by atoms with E-state index in [1.165, 1.54) is 11.3 Å². The summed E-state index contributed by atoms with van der Waals surface area (Å²) >= 11 is 3.39. The van der Waals surface area contributed by atoms with Crippen LogP contribution in [0.3, 0.4) is 0 Å². The van der Waals surface area contributed by atoms with Crippen molar-refractivity contribution in [3.05, 3.63) is 58.6 Å². The highest BCUT2D eigenvalue weighted by Crippen LogP contribution is 2.16. The molecule has 0 fully saturated rings. The Labute approximate surface area is 146 Å². The summed E-state index contributed by atoms with van der Waals surface area (Å²) in [6, 6.07) is 15.7. The minimum atomic E-state index is -0.191. The average Bonchev–Trinajstić information content (AvgIpc) is 2.51. The molecule has 0 aliphatic heterocycles. The van der Waals surface area contributed by atoms with E-state index >= 15 is 0 Å². The first kappa shape index (κ1) is 17.3. The number of carbonyl (C=O) groups excluding carboxylic acids is 1. The van der Waals surface area contributed by atoms with E-state index in [4.69, 9.17) is 0 Å². The van der Waals surface area contributed by atoms with Gasteiger partial charge in [-0.1, -0.05) is 34.1 Å². The van der Waals surface area contributed by atoms with Crippen LogP contribution in [0.4, 0.5) is 16.2 Å². The summed E-state index contributed by atoms with van der Waals surface area (Å²) in [5, 5.41) is 5.72. The van der Waals surface area contributed by atoms with E-state index in [9.17, 15) is 4.79 Å². The number of likely N-dealkylation sites (N-methyl/N-ethyl adjacent to an activating group) is 1. The van der Waals surface area contributed by atoms with Gasteiger partial charge in [0.25, 0.3) is 0 Å². The number of urea groups is 1. The number of rotatable bonds is 6. The zero-order valence-corrected chi connectivity index (χ0v) is 15.1. The van der Waals surface area contributed by atoms with Crippen molar-refractivity contribution in [3.63, 3.8) is 0 Å². The molecule has 2 rings (SSSR count). The Balaban J connectivity index is 1.82. The lowest BCUT2D eigenvalue weighted by Crippen LogP contribution is -2.37. The molecule has 0 saturated heterocycles. The highest BCUT2D eigenvalue weighted by atomic mass is 79.9. The molecule has 0 saturated carbocycles. The second-order valence-corrected chi connectivity index (χ2v) is 6.23. The lowest BCUT2D eigenvalue weighted by atomic mass is 10.2. The van der Waals surface area contributed by atoms with Crippen molar-refractivity contribution < 1.29 is 4.79 Å². The third kappa shape index (κ3) is 5.60. The van der Waals surface area contributed by atoms with Gasteiger partial charge in [0.2, 0.25) is 0 Å². The maximum Gasteiger partial charge on any atom is 0.319 e. The summed E-state index contributed by atoms with van der Waals surface area (Å²) in [5.74, 6) is 0. The fourth-order valence-corrected chi connectivity index (χ4v) is 2.74. The van der Waals surface area contributed by atoms with E-state index in [2.05, 4.69) is 69.6 Å². The summed E-state index contributed by atoms with van der Waals surface area (Å²) < 4.78 is 0.937. The van der Waals surface area contributed by atoms with Crippen molar-refractivity contribution in [1.82, 2.24) is 5.32 Å². The quantitative estimate of drug-likeness (QED) is 0.785. The van der Waals surface area contributed by atoms with Crippen molar-refractivity contribution in [2.75, 3.05) is 29.9 Å². The standard InChI is InChI=1S/C18H22BrN3O/c1-3-22(17-9-4-6-14(2)12-17)11-10-20-18(23)21-16-8-5-7-15(19)13-16/h4-9,12-13H,3,10-11H2,1-2H3,(H2,20,21,23). The van der Waals surface area contributed by atoms with Crippen LogP contribution in [-0.4, -0.2) is 25.7 Å². The van der Waals surface area contributed by atoms with Crippen molar-refractivity contribution in [2.24, 2.45) is 0 Å². The minimum Gasteiger partial charge on any atom is -0.370 e. The number of carbonyl (C=O) groups is 1. The van der Waals surface area contributed by atoms with E-state index in [0.29, 0.717) is 6.54 Å². The summed E-state index contributed by atoms with van der Waals surface area (Å²) in [7, 11) is 0. The van der Waals surface area contributed by atoms with Crippen molar-refractivity contribution >= 4 is 33.3 Å². The number of halogens is 1. The molecule has 0 bridgehead atoms. The smallest absolute Gasteiger partial charge is 0.319 e. The molecule has 122 valence electrons. The molecule has 0 heterocycles. The van der Waals surface area contributed by atoms with Gasteiger partial charge in [0, 0.05) is 35.5 Å². The molecule has 0 aliphatic carbocycles. The van der Waals surface area contributed by atoms with Gasteiger partial charge in [-0.15, -0.1) is 0 Å². The SMILES string of the molecule is CCN(CCNC(=O)Nc1cccc(Br)c1)c1cccc(C)c1. The van der Waals surface area contributed by atoms with Crippen LogP contribution in [0.2, 0.25) is 0 Å². The summed E-state index contributed by atoms with van der Waals surface area (Å²) in [4.78, 5) is 14.2. The maximum atomic E-state index is 11.9. The zero-order valence-electron chi connectivity index (χ0n) is 13.5. The van der Waals surface area contributed by atoms with E-state index in [1.807, 2.05) is 24.3 Å². The molecule has 0 aliphatic rings. The first-order valence-corrected chi connectivity index (χ1v) is 8.50. The van der Waals surface area contributed by atoms with Crippen molar-refractivity contribution in [2.45, 2.75) is 13.8 Å². The van der Waals surface area contributed by atoms with E-state index in [-0.39, 0.29) is 6.03 Å². The molecule has 0 spiro atoms. The minimum absolute atomic E-state index is 0.191. The molecule has 4 nitrogen and oxygen atoms in total. The number of benzene rings is 2. The Morgan fingerprint density at radius 1 is 1.17 bits per heavy atom. The molecule has 23 heavy (non-hydrogen) atoms. The number of anilines is 2. The molecule has 2 aromatic rings. The molecule has 0 aromatic heterocycles. The van der Waals surface area contributed by atoms with Crippen LogP contribution in [0, 0.1) is 6.92 Å². The lowest BCUT2D eigenvalue weighted by molar-refractivity contribution is 0.252. The van der Waals surface area contributed by atoms with Crippen LogP contribution in [0.25, 0.3) is 0 Å². The molecular weight excluding hydrogens is 354 g/mol.